The van der Waals surface area contributed by atoms with Crippen LogP contribution in [0.3, 0.4) is 0 Å². The molecule has 3 aromatic carbocycles. The summed E-state index contributed by atoms with van der Waals surface area (Å²) in [6.45, 7) is 0.608. The van der Waals surface area contributed by atoms with E-state index in [-0.39, 0.29) is 0 Å². The Balaban J connectivity index is 1.44. The highest BCUT2D eigenvalue weighted by Crippen LogP contribution is 2.22. The van der Waals surface area contributed by atoms with Crippen molar-refractivity contribution in [2.24, 2.45) is 0 Å². The molecule has 0 heterocycles. The second-order valence-electron chi connectivity index (χ2n) is 5.83. The minimum atomic E-state index is 0.608. The highest BCUT2D eigenvalue weighted by Gasteiger charge is 2.00. The van der Waals surface area contributed by atoms with Crippen molar-refractivity contribution in [3.05, 3.63) is 95.0 Å². The number of rotatable bonds is 8. The van der Waals surface area contributed by atoms with E-state index in [1.54, 1.807) is 0 Å². The van der Waals surface area contributed by atoms with E-state index in [9.17, 15) is 0 Å². The van der Waals surface area contributed by atoms with Crippen LogP contribution in [-0.2, 0) is 13.0 Å². The highest BCUT2D eigenvalue weighted by atomic mass is 35.5. The summed E-state index contributed by atoms with van der Waals surface area (Å²) < 4.78 is 5.90. The average Bonchev–Trinajstić information content (AvgIpc) is 2.66. The van der Waals surface area contributed by atoms with E-state index in [0.717, 1.165) is 29.4 Å². The van der Waals surface area contributed by atoms with Gasteiger partial charge in [-0.1, -0.05) is 54.1 Å². The maximum Gasteiger partial charge on any atom is 0.120 e. The summed E-state index contributed by atoms with van der Waals surface area (Å²) in [5.74, 6) is 2.03. The minimum absolute atomic E-state index is 0.608. The molecule has 0 saturated heterocycles. The van der Waals surface area contributed by atoms with E-state index in [4.69, 9.17) is 16.3 Å². The van der Waals surface area contributed by atoms with Crippen molar-refractivity contribution < 1.29 is 4.74 Å². The predicted molar refractivity (Wildman–Crippen MR) is 108 cm³/mol. The molecule has 0 bridgehead atoms. The second-order valence-corrected chi connectivity index (χ2v) is 7.43. The van der Waals surface area contributed by atoms with Gasteiger partial charge in [0, 0.05) is 9.92 Å². The van der Waals surface area contributed by atoms with Crippen LogP contribution in [0.15, 0.2) is 83.8 Å². The summed E-state index contributed by atoms with van der Waals surface area (Å²) in [6, 6.07) is 26.7. The Morgan fingerprint density at radius 2 is 1.56 bits per heavy atom. The van der Waals surface area contributed by atoms with Gasteiger partial charge in [-0.2, -0.15) is 0 Å². The van der Waals surface area contributed by atoms with Gasteiger partial charge in [-0.15, -0.1) is 11.8 Å². The van der Waals surface area contributed by atoms with Crippen LogP contribution in [-0.4, -0.2) is 5.75 Å². The Hall–Kier alpha value is -1.90. The molecule has 25 heavy (non-hydrogen) atoms. The lowest BCUT2D eigenvalue weighted by molar-refractivity contribution is 0.306. The number of benzene rings is 3. The minimum Gasteiger partial charge on any atom is -0.489 e. The normalized spacial score (nSPS) is 10.6. The van der Waals surface area contributed by atoms with E-state index < -0.39 is 0 Å². The van der Waals surface area contributed by atoms with Gasteiger partial charge >= 0.3 is 0 Å². The van der Waals surface area contributed by atoms with Crippen LogP contribution >= 0.6 is 23.4 Å². The largest absolute Gasteiger partial charge is 0.489 e. The third kappa shape index (κ3) is 6.15. The van der Waals surface area contributed by atoms with Gasteiger partial charge in [0.15, 0.2) is 0 Å². The highest BCUT2D eigenvalue weighted by molar-refractivity contribution is 7.99. The van der Waals surface area contributed by atoms with Gasteiger partial charge in [0.1, 0.15) is 12.4 Å². The number of hydrogen-bond acceptors (Lipinski definition) is 2. The van der Waals surface area contributed by atoms with Crippen LogP contribution in [0.2, 0.25) is 5.02 Å². The van der Waals surface area contributed by atoms with Gasteiger partial charge in [0.25, 0.3) is 0 Å². The van der Waals surface area contributed by atoms with Gasteiger partial charge in [-0.05, 0) is 66.1 Å². The van der Waals surface area contributed by atoms with Crippen LogP contribution in [0.1, 0.15) is 17.5 Å². The standard InChI is InChI=1S/C22H21ClOS/c23-20-11-13-22(14-12-20)25-15-5-9-18-8-4-10-21(16-18)24-17-19-6-2-1-3-7-19/h1-4,6-8,10-14,16H,5,9,15,17H2. The topological polar surface area (TPSA) is 9.23 Å². The zero-order valence-electron chi connectivity index (χ0n) is 14.0. The first-order valence-corrected chi connectivity index (χ1v) is 9.80. The lowest BCUT2D eigenvalue weighted by Gasteiger charge is -2.08. The van der Waals surface area contributed by atoms with Gasteiger partial charge in [0.05, 0.1) is 0 Å². The fourth-order valence-corrected chi connectivity index (χ4v) is 3.51. The Morgan fingerprint density at radius 3 is 2.36 bits per heavy atom. The quantitative estimate of drug-likeness (QED) is 0.325. The third-order valence-corrected chi connectivity index (χ3v) is 5.19. The average molecular weight is 369 g/mol. The molecule has 0 amide bonds. The molecular weight excluding hydrogens is 348 g/mol. The molecule has 0 N–H and O–H groups in total. The zero-order chi connectivity index (χ0) is 17.3. The van der Waals surface area contributed by atoms with Gasteiger partial charge in [-0.3, -0.25) is 0 Å². The molecule has 0 saturated carbocycles. The summed E-state index contributed by atoms with van der Waals surface area (Å²) in [4.78, 5) is 1.27. The molecule has 0 aromatic heterocycles. The van der Waals surface area contributed by atoms with Crippen LogP contribution in [0, 0.1) is 0 Å². The van der Waals surface area contributed by atoms with Crippen molar-refractivity contribution in [1.82, 2.24) is 0 Å². The van der Waals surface area contributed by atoms with E-state index in [1.165, 1.54) is 16.0 Å². The molecule has 0 aliphatic carbocycles. The maximum absolute atomic E-state index is 5.91. The molecule has 3 heteroatoms. The van der Waals surface area contributed by atoms with Crippen molar-refractivity contribution in [3.63, 3.8) is 0 Å². The summed E-state index contributed by atoms with van der Waals surface area (Å²) in [5.41, 5.74) is 2.51. The number of thioether (sulfide) groups is 1. The van der Waals surface area contributed by atoms with E-state index in [0.29, 0.717) is 6.61 Å². The van der Waals surface area contributed by atoms with Crippen LogP contribution in [0.5, 0.6) is 5.75 Å². The smallest absolute Gasteiger partial charge is 0.120 e. The van der Waals surface area contributed by atoms with E-state index in [1.807, 2.05) is 48.2 Å². The Morgan fingerprint density at radius 1 is 0.800 bits per heavy atom. The molecular formula is C22H21ClOS. The summed E-state index contributed by atoms with van der Waals surface area (Å²) in [6.07, 6.45) is 2.19. The zero-order valence-corrected chi connectivity index (χ0v) is 15.6. The fraction of sp³-hybridized carbons (Fsp3) is 0.182. The Bertz CT molecular complexity index is 772. The Labute approximate surface area is 159 Å². The first-order valence-electron chi connectivity index (χ1n) is 8.44. The third-order valence-electron chi connectivity index (χ3n) is 3.84. The molecule has 3 rings (SSSR count). The Kier molecular flexibility index (Phi) is 6.84. The summed E-state index contributed by atoms with van der Waals surface area (Å²) in [5, 5.41) is 0.789. The molecule has 0 fully saturated rings. The van der Waals surface area contributed by atoms with E-state index in [2.05, 4.69) is 42.5 Å². The first kappa shape index (κ1) is 17.9. The number of hydrogen-bond donors (Lipinski definition) is 0. The number of aryl methyl sites for hydroxylation is 1. The number of ether oxygens (including phenoxy) is 1. The lowest BCUT2D eigenvalue weighted by Crippen LogP contribution is -1.96. The molecule has 128 valence electrons. The van der Waals surface area contributed by atoms with Gasteiger partial charge in [-0.25, -0.2) is 0 Å². The maximum atomic E-state index is 5.91. The van der Waals surface area contributed by atoms with Crippen LogP contribution in [0.4, 0.5) is 0 Å². The molecule has 3 aromatic rings. The van der Waals surface area contributed by atoms with Crippen molar-refractivity contribution >= 4 is 23.4 Å². The van der Waals surface area contributed by atoms with Gasteiger partial charge < -0.3 is 4.74 Å². The summed E-state index contributed by atoms with van der Waals surface area (Å²) in [7, 11) is 0. The van der Waals surface area contributed by atoms with Crippen molar-refractivity contribution in [3.8, 4) is 5.75 Å². The number of halogens is 1. The van der Waals surface area contributed by atoms with Crippen LogP contribution in [0.25, 0.3) is 0 Å². The monoisotopic (exact) mass is 368 g/mol. The predicted octanol–water partition coefficient (Wildman–Crippen LogP) is 6.64. The molecule has 0 spiro atoms. The van der Waals surface area contributed by atoms with Crippen LogP contribution < -0.4 is 4.74 Å². The lowest BCUT2D eigenvalue weighted by atomic mass is 10.1. The molecule has 1 nitrogen and oxygen atoms in total. The molecule has 0 radical (unpaired) electrons. The van der Waals surface area contributed by atoms with Crippen molar-refractivity contribution in [2.45, 2.75) is 24.3 Å². The first-order chi connectivity index (χ1) is 12.3. The second kappa shape index (κ2) is 9.55. The molecule has 0 aliphatic heterocycles. The summed E-state index contributed by atoms with van der Waals surface area (Å²) >= 11 is 7.78. The SMILES string of the molecule is Clc1ccc(SCCCc2cccc(OCc3ccccc3)c2)cc1. The molecule has 0 atom stereocenters. The van der Waals surface area contributed by atoms with E-state index >= 15 is 0 Å². The molecule has 0 unspecified atom stereocenters. The van der Waals surface area contributed by atoms with Crippen molar-refractivity contribution in [2.75, 3.05) is 5.75 Å². The van der Waals surface area contributed by atoms with Gasteiger partial charge in [0.2, 0.25) is 0 Å². The fourth-order valence-electron chi connectivity index (χ4n) is 2.53. The van der Waals surface area contributed by atoms with Crippen molar-refractivity contribution in [1.29, 1.82) is 0 Å². The molecule has 0 aliphatic rings.